The quantitative estimate of drug-likeness (QED) is 0.210. The molecule has 0 spiro atoms. The predicted octanol–water partition coefficient (Wildman–Crippen LogP) is 4.24. The number of hydrogen-bond acceptors (Lipinski definition) is 10. The lowest BCUT2D eigenvalue weighted by Crippen LogP contribution is -2.62. The Labute approximate surface area is 304 Å². The van der Waals surface area contributed by atoms with Gasteiger partial charge in [-0.15, -0.1) is 6.58 Å². The molecule has 1 saturated carbocycles. The first-order valence-electron chi connectivity index (χ1n) is 16.7. The van der Waals surface area contributed by atoms with Crippen molar-refractivity contribution in [1.82, 2.24) is 25.2 Å². The summed E-state index contributed by atoms with van der Waals surface area (Å²) in [5.41, 5.74) is -3.43. The second kappa shape index (κ2) is 14.9. The average molecular weight is 750 g/mol. The van der Waals surface area contributed by atoms with Gasteiger partial charge >= 0.3 is 6.09 Å². The van der Waals surface area contributed by atoms with E-state index in [0.717, 1.165) is 0 Å². The van der Waals surface area contributed by atoms with E-state index in [9.17, 15) is 27.6 Å². The van der Waals surface area contributed by atoms with E-state index in [-0.39, 0.29) is 30.4 Å². The Hall–Kier alpha value is -4.11. The Morgan fingerprint density at radius 2 is 1.71 bits per heavy atom. The van der Waals surface area contributed by atoms with Crippen LogP contribution in [0.1, 0.15) is 74.1 Å². The van der Waals surface area contributed by atoms with Gasteiger partial charge in [-0.3, -0.25) is 19.1 Å². The minimum atomic E-state index is -3.94. The topological polar surface area (TPSA) is 182 Å². The van der Waals surface area contributed by atoms with Crippen LogP contribution in [0.3, 0.4) is 0 Å². The van der Waals surface area contributed by atoms with Crippen LogP contribution < -0.4 is 24.8 Å². The number of pyridine rings is 1. The number of methoxy groups -OCH3 is 1. The molecule has 4 atom stereocenters. The Bertz CT molecular complexity index is 1800. The van der Waals surface area contributed by atoms with E-state index in [2.05, 4.69) is 26.9 Å². The Balaban J connectivity index is 1.70. The normalized spacial score (nSPS) is 19.7. The highest BCUT2D eigenvalue weighted by Crippen LogP contribution is 2.38. The van der Waals surface area contributed by atoms with Crippen LogP contribution in [-0.4, -0.2) is 90.3 Å². The number of amides is 4. The molecule has 3 N–H and O–H groups in total. The number of sulfonamides is 1. The molecule has 0 bridgehead atoms. The Morgan fingerprint density at radius 3 is 2.25 bits per heavy atom. The van der Waals surface area contributed by atoms with Gasteiger partial charge in [0.2, 0.25) is 27.7 Å². The van der Waals surface area contributed by atoms with Gasteiger partial charge in [-0.2, -0.15) is 4.98 Å². The number of carbonyl (C=O) groups excluding carboxylic acids is 4. The van der Waals surface area contributed by atoms with E-state index in [1.54, 1.807) is 65.8 Å². The van der Waals surface area contributed by atoms with Crippen molar-refractivity contribution < 1.29 is 41.8 Å². The van der Waals surface area contributed by atoms with E-state index in [4.69, 9.17) is 25.8 Å². The molecular formula is C35H48ClN5O9S. The van der Waals surface area contributed by atoms with Crippen LogP contribution >= 0.6 is 11.6 Å². The van der Waals surface area contributed by atoms with Crippen molar-refractivity contribution in [3.63, 3.8) is 0 Å². The number of benzene rings is 1. The number of ether oxygens (including phenoxy) is 3. The molecule has 1 saturated heterocycles. The molecule has 0 unspecified atom stereocenters. The van der Waals surface area contributed by atoms with E-state index in [1.165, 1.54) is 25.0 Å². The lowest BCUT2D eigenvalue weighted by molar-refractivity contribution is -0.143. The van der Waals surface area contributed by atoms with Crippen molar-refractivity contribution >= 4 is 56.2 Å². The summed E-state index contributed by atoms with van der Waals surface area (Å²) in [4.78, 5) is 60.7. The van der Waals surface area contributed by atoms with Crippen molar-refractivity contribution in [3.05, 3.63) is 42.1 Å². The van der Waals surface area contributed by atoms with Crippen LogP contribution in [0.25, 0.3) is 10.8 Å². The summed E-state index contributed by atoms with van der Waals surface area (Å²) in [5, 5.41) is 5.96. The molecule has 1 aromatic heterocycles. The fourth-order valence-electron chi connectivity index (χ4n) is 5.78. The number of aromatic nitrogens is 1. The largest absolute Gasteiger partial charge is 0.493 e. The molecule has 4 amide bonds. The first-order chi connectivity index (χ1) is 23.6. The molecule has 280 valence electrons. The summed E-state index contributed by atoms with van der Waals surface area (Å²) in [6.07, 6.45) is 0.467. The molecule has 16 heteroatoms. The van der Waals surface area contributed by atoms with Gasteiger partial charge in [0.1, 0.15) is 29.3 Å². The van der Waals surface area contributed by atoms with E-state index in [0.29, 0.717) is 29.4 Å². The van der Waals surface area contributed by atoms with Gasteiger partial charge < -0.3 is 29.7 Å². The van der Waals surface area contributed by atoms with Gasteiger partial charge in [0.15, 0.2) is 10.9 Å². The molecular weight excluding hydrogens is 702 g/mol. The number of halogens is 1. The third-order valence-corrected chi connectivity index (χ3v) is 10.6. The summed E-state index contributed by atoms with van der Waals surface area (Å²) < 4.78 is 44.6. The highest BCUT2D eigenvalue weighted by Gasteiger charge is 2.49. The second-order valence-electron chi connectivity index (χ2n) is 15.2. The SMILES string of the molecule is C=CC[C@@](C)(NC(=O)[C@@H]1C[C@@H](Oc2nc(Cl)c(OC)c3ccccc23)CN1C(=O)[C@@H](NC(=O)OC(C)(C)C)C(C)(C)C)C(=O)NS(=O)(=O)C1CC1. The van der Waals surface area contributed by atoms with Crippen LogP contribution in [-0.2, 0) is 29.1 Å². The summed E-state index contributed by atoms with van der Waals surface area (Å²) in [5.74, 6) is -1.78. The highest BCUT2D eigenvalue weighted by atomic mass is 35.5. The Morgan fingerprint density at radius 1 is 1.08 bits per heavy atom. The van der Waals surface area contributed by atoms with Crippen LogP contribution in [0.4, 0.5) is 4.79 Å². The number of nitrogens with zero attached hydrogens (tertiary/aromatic N) is 2. The fourth-order valence-corrected chi connectivity index (χ4v) is 7.45. The summed E-state index contributed by atoms with van der Waals surface area (Å²) in [6.45, 7) is 15.3. The molecule has 2 aliphatic rings. The van der Waals surface area contributed by atoms with Crippen LogP contribution in [0.5, 0.6) is 11.6 Å². The predicted molar refractivity (Wildman–Crippen MR) is 192 cm³/mol. The van der Waals surface area contributed by atoms with Crippen LogP contribution in [0.2, 0.25) is 5.15 Å². The molecule has 2 heterocycles. The molecule has 4 rings (SSSR count). The monoisotopic (exact) mass is 749 g/mol. The first kappa shape index (κ1) is 39.7. The average Bonchev–Trinajstić information content (AvgIpc) is 3.79. The van der Waals surface area contributed by atoms with Crippen LogP contribution in [0.15, 0.2) is 36.9 Å². The lowest BCUT2D eigenvalue weighted by atomic mass is 9.85. The van der Waals surface area contributed by atoms with Gasteiger partial charge in [0.05, 0.1) is 18.9 Å². The number of carbonyl (C=O) groups is 4. The third-order valence-electron chi connectivity index (χ3n) is 8.55. The summed E-state index contributed by atoms with van der Waals surface area (Å²) in [7, 11) is -2.47. The number of nitrogens with one attached hydrogen (secondary N) is 3. The molecule has 1 aliphatic carbocycles. The van der Waals surface area contributed by atoms with Crippen molar-refractivity contribution in [1.29, 1.82) is 0 Å². The van der Waals surface area contributed by atoms with Crippen molar-refractivity contribution in [2.45, 2.75) is 109 Å². The van der Waals surface area contributed by atoms with E-state index in [1.807, 2.05) is 0 Å². The zero-order chi connectivity index (χ0) is 38.1. The zero-order valence-electron chi connectivity index (χ0n) is 30.3. The standard InChI is InChI=1S/C35H48ClN5O9S/c1-10-17-35(8,31(44)40-51(46,47)21-15-16-21)39-28(42)24-18-20(49-29-23-14-12-11-13-22(23)25(48-9)27(36)38-29)19-41(24)30(43)26(33(2,3)4)37-32(45)50-34(5,6)7/h10-14,20-21,24,26H,1,15-19H2,2-9H3,(H,37,45)(H,39,42)(H,40,44)/t20-,24+,26-,35-/m1/s1. The lowest BCUT2D eigenvalue weighted by Gasteiger charge is -2.36. The molecule has 51 heavy (non-hydrogen) atoms. The zero-order valence-corrected chi connectivity index (χ0v) is 31.9. The third kappa shape index (κ3) is 9.42. The minimum absolute atomic E-state index is 0.0489. The maximum absolute atomic E-state index is 14.4. The number of alkyl carbamates (subject to hydrolysis) is 1. The number of rotatable bonds is 12. The summed E-state index contributed by atoms with van der Waals surface area (Å²) >= 11 is 6.45. The van der Waals surface area contributed by atoms with Crippen molar-refractivity contribution in [2.24, 2.45) is 5.41 Å². The molecule has 1 aromatic carbocycles. The maximum Gasteiger partial charge on any atom is 0.408 e. The molecule has 2 fully saturated rings. The van der Waals surface area contributed by atoms with Crippen molar-refractivity contribution in [2.75, 3.05) is 13.7 Å². The molecule has 0 radical (unpaired) electrons. The van der Waals surface area contributed by atoms with Gasteiger partial charge in [-0.1, -0.05) is 56.6 Å². The fraction of sp³-hybridized carbons (Fsp3) is 0.571. The van der Waals surface area contributed by atoms with Crippen LogP contribution in [0, 0.1) is 5.41 Å². The van der Waals surface area contributed by atoms with Crippen molar-refractivity contribution in [3.8, 4) is 11.6 Å². The van der Waals surface area contributed by atoms with Gasteiger partial charge in [-0.25, -0.2) is 13.2 Å². The summed E-state index contributed by atoms with van der Waals surface area (Å²) in [6, 6.07) is 4.79. The maximum atomic E-state index is 14.4. The number of fused-ring (bicyclic) bond motifs is 1. The van der Waals surface area contributed by atoms with Gasteiger partial charge in [0.25, 0.3) is 5.91 Å². The van der Waals surface area contributed by atoms with E-state index >= 15 is 0 Å². The molecule has 1 aliphatic heterocycles. The molecule has 14 nitrogen and oxygen atoms in total. The molecule has 2 aromatic rings. The van der Waals surface area contributed by atoms with Gasteiger partial charge in [-0.05, 0) is 58.4 Å². The highest BCUT2D eigenvalue weighted by molar-refractivity contribution is 7.91. The first-order valence-corrected chi connectivity index (χ1v) is 18.6. The second-order valence-corrected chi connectivity index (χ2v) is 17.5. The van der Waals surface area contributed by atoms with E-state index < -0.39 is 73.8 Å². The number of likely N-dealkylation sites (tertiary alicyclic amines) is 1. The van der Waals surface area contributed by atoms with Gasteiger partial charge in [0, 0.05) is 17.2 Å². The Kier molecular flexibility index (Phi) is 11.6. The number of hydrogen-bond donors (Lipinski definition) is 3. The minimum Gasteiger partial charge on any atom is -0.493 e. The smallest absolute Gasteiger partial charge is 0.408 e.